The molecule has 0 saturated carbocycles. The Morgan fingerprint density at radius 2 is 1.61 bits per heavy atom. The van der Waals surface area contributed by atoms with E-state index in [0.29, 0.717) is 13.1 Å². The number of rotatable bonds is 11. The van der Waals surface area contributed by atoms with Gasteiger partial charge in [-0.1, -0.05) is 48.5 Å². The summed E-state index contributed by atoms with van der Waals surface area (Å²) in [4.78, 5) is 30.0. The summed E-state index contributed by atoms with van der Waals surface area (Å²) >= 11 is 0. The molecule has 12 heteroatoms. The zero-order valence-electron chi connectivity index (χ0n) is 24.7. The van der Waals surface area contributed by atoms with Crippen molar-refractivity contribution >= 4 is 0 Å². The molecule has 0 aliphatic carbocycles. The Hall–Kier alpha value is -4.29. The van der Waals surface area contributed by atoms with E-state index in [0.717, 1.165) is 32.9 Å². The van der Waals surface area contributed by atoms with E-state index in [1.807, 2.05) is 37.2 Å². The third kappa shape index (κ3) is 6.92. The van der Waals surface area contributed by atoms with Crippen LogP contribution in [-0.4, -0.2) is 48.3 Å². The number of hydrogen-bond donors (Lipinski definition) is 1. The van der Waals surface area contributed by atoms with Crippen LogP contribution in [0, 0.1) is 18.6 Å². The van der Waals surface area contributed by atoms with Crippen molar-refractivity contribution in [2.75, 3.05) is 34.3 Å². The molecule has 0 spiro atoms. The Bertz CT molecular complexity index is 1730. The number of hydrogen-bond acceptors (Lipinski definition) is 5. The average Bonchev–Trinajstić information content (AvgIpc) is 2.97. The van der Waals surface area contributed by atoms with E-state index in [4.69, 9.17) is 4.74 Å². The Labute approximate surface area is 251 Å². The molecule has 0 unspecified atom stereocenters. The van der Waals surface area contributed by atoms with Crippen molar-refractivity contribution in [1.29, 1.82) is 0 Å². The first-order chi connectivity index (χ1) is 20.8. The Balaban J connectivity index is 1.98. The van der Waals surface area contributed by atoms with Gasteiger partial charge in [-0.05, 0) is 44.8 Å². The lowest BCUT2D eigenvalue weighted by Gasteiger charge is -2.24. The fourth-order valence-corrected chi connectivity index (χ4v) is 5.08. The number of benzene rings is 3. The number of aromatic nitrogens is 2. The maximum absolute atomic E-state index is 15.6. The SMILES string of the molecule is COc1cccc(-c2c(C)n(Cc3c(F)cccc3C(F)(F)F)c(=O)n(C[C@H](NCCN(C)C)c3ccccc3)c2=O)c1F. The molecule has 3 aromatic carbocycles. The molecule has 0 amide bonds. The van der Waals surface area contributed by atoms with Crippen LogP contribution >= 0.6 is 0 Å². The normalized spacial score (nSPS) is 12.5. The molecule has 0 aliphatic rings. The highest BCUT2D eigenvalue weighted by Crippen LogP contribution is 2.34. The summed E-state index contributed by atoms with van der Waals surface area (Å²) in [6.45, 7) is 1.33. The van der Waals surface area contributed by atoms with E-state index >= 15 is 4.39 Å². The Morgan fingerprint density at radius 1 is 0.932 bits per heavy atom. The van der Waals surface area contributed by atoms with Crippen LogP contribution in [0.2, 0.25) is 0 Å². The minimum Gasteiger partial charge on any atom is -0.494 e. The van der Waals surface area contributed by atoms with Crippen LogP contribution in [0.3, 0.4) is 0 Å². The van der Waals surface area contributed by atoms with Crippen molar-refractivity contribution in [3.05, 3.63) is 122 Å². The van der Waals surface area contributed by atoms with E-state index < -0.39 is 52.8 Å². The summed E-state index contributed by atoms with van der Waals surface area (Å²) in [7, 11) is 5.01. The smallest absolute Gasteiger partial charge is 0.416 e. The first-order valence-corrected chi connectivity index (χ1v) is 13.8. The molecule has 0 aliphatic heterocycles. The lowest BCUT2D eigenvalue weighted by Crippen LogP contribution is -2.45. The van der Waals surface area contributed by atoms with Crippen molar-refractivity contribution in [3.63, 3.8) is 0 Å². The number of ether oxygens (including phenoxy) is 1. The van der Waals surface area contributed by atoms with Gasteiger partial charge < -0.3 is 15.0 Å². The maximum Gasteiger partial charge on any atom is 0.416 e. The molecule has 4 aromatic rings. The highest BCUT2D eigenvalue weighted by Gasteiger charge is 2.35. The van der Waals surface area contributed by atoms with Gasteiger partial charge in [-0.25, -0.2) is 13.6 Å². The minimum atomic E-state index is -4.92. The van der Waals surface area contributed by atoms with Crippen LogP contribution < -0.4 is 21.3 Å². The molecule has 0 fully saturated rings. The Morgan fingerprint density at radius 3 is 2.25 bits per heavy atom. The average molecular weight is 617 g/mol. The van der Waals surface area contributed by atoms with E-state index in [2.05, 4.69) is 5.32 Å². The highest BCUT2D eigenvalue weighted by atomic mass is 19.4. The summed E-state index contributed by atoms with van der Waals surface area (Å²) in [5.41, 5.74) is -3.72. The predicted molar refractivity (Wildman–Crippen MR) is 158 cm³/mol. The number of nitrogens with one attached hydrogen (secondary N) is 1. The van der Waals surface area contributed by atoms with E-state index in [1.165, 1.54) is 32.2 Å². The lowest BCUT2D eigenvalue weighted by atomic mass is 10.0. The molecule has 1 N–H and O–H groups in total. The van der Waals surface area contributed by atoms with Gasteiger partial charge >= 0.3 is 11.9 Å². The molecule has 0 saturated heterocycles. The summed E-state index contributed by atoms with van der Waals surface area (Å²) in [6.07, 6.45) is -4.92. The topological polar surface area (TPSA) is 68.5 Å². The van der Waals surface area contributed by atoms with Crippen LogP contribution in [0.1, 0.15) is 28.4 Å². The van der Waals surface area contributed by atoms with Crippen molar-refractivity contribution in [2.45, 2.75) is 32.2 Å². The van der Waals surface area contributed by atoms with Crippen LogP contribution in [0.15, 0.2) is 76.3 Å². The van der Waals surface area contributed by atoms with Crippen LogP contribution in [-0.2, 0) is 19.3 Å². The molecule has 0 radical (unpaired) electrons. The third-order valence-electron chi connectivity index (χ3n) is 7.40. The van der Waals surface area contributed by atoms with Crippen molar-refractivity contribution < 1.29 is 26.7 Å². The number of alkyl halides is 3. The van der Waals surface area contributed by atoms with Crippen LogP contribution in [0.25, 0.3) is 11.1 Å². The van der Waals surface area contributed by atoms with Crippen LogP contribution in [0.4, 0.5) is 22.0 Å². The Kier molecular flexibility index (Phi) is 10.1. The minimum absolute atomic E-state index is 0.128. The van der Waals surface area contributed by atoms with Crippen molar-refractivity contribution in [3.8, 4) is 16.9 Å². The third-order valence-corrected chi connectivity index (χ3v) is 7.40. The fourth-order valence-electron chi connectivity index (χ4n) is 5.08. The van der Waals surface area contributed by atoms with Crippen molar-refractivity contribution in [2.24, 2.45) is 0 Å². The predicted octanol–water partition coefficient (Wildman–Crippen LogP) is 5.23. The van der Waals surface area contributed by atoms with Gasteiger partial charge in [0.25, 0.3) is 5.56 Å². The largest absolute Gasteiger partial charge is 0.494 e. The van der Waals surface area contributed by atoms with Gasteiger partial charge in [0.15, 0.2) is 11.6 Å². The summed E-state index contributed by atoms with van der Waals surface area (Å²) in [6, 6.07) is 15.0. The van der Waals surface area contributed by atoms with Crippen LogP contribution in [0.5, 0.6) is 5.75 Å². The van der Waals surface area contributed by atoms with Gasteiger partial charge in [-0.3, -0.25) is 13.9 Å². The molecular formula is C32H33F5N4O3. The van der Waals surface area contributed by atoms with Gasteiger partial charge in [0.2, 0.25) is 0 Å². The van der Waals surface area contributed by atoms with Crippen molar-refractivity contribution in [1.82, 2.24) is 19.4 Å². The maximum atomic E-state index is 15.6. The second-order valence-corrected chi connectivity index (χ2v) is 10.6. The molecule has 7 nitrogen and oxygen atoms in total. The monoisotopic (exact) mass is 616 g/mol. The molecule has 1 atom stereocenters. The van der Waals surface area contributed by atoms with Gasteiger partial charge in [0.1, 0.15) is 5.82 Å². The van der Waals surface area contributed by atoms with E-state index in [9.17, 15) is 27.2 Å². The highest BCUT2D eigenvalue weighted by molar-refractivity contribution is 5.67. The lowest BCUT2D eigenvalue weighted by molar-refractivity contribution is -0.138. The van der Waals surface area contributed by atoms with Gasteiger partial charge in [-0.15, -0.1) is 0 Å². The van der Waals surface area contributed by atoms with E-state index in [-0.39, 0.29) is 29.1 Å². The summed E-state index contributed by atoms with van der Waals surface area (Å²) < 4.78 is 79.1. The number of methoxy groups -OCH3 is 1. The first kappa shape index (κ1) is 32.6. The quantitative estimate of drug-likeness (QED) is 0.234. The zero-order valence-corrected chi connectivity index (χ0v) is 24.7. The van der Waals surface area contributed by atoms with Gasteiger partial charge in [0, 0.05) is 29.9 Å². The van der Waals surface area contributed by atoms with Gasteiger partial charge in [0.05, 0.1) is 37.4 Å². The standard InChI is InChI=1S/C32H33F5N4O3/c1-20-28(22-12-8-15-27(44-4)29(22)34)30(42)41(19-26(38-16-17-39(2)3)21-10-6-5-7-11-21)31(43)40(20)18-23-24(32(35,36)37)13-9-14-25(23)33/h5-15,26,38H,16-19H2,1-4H3/t26-/m0/s1. The molecule has 4 rings (SSSR count). The number of nitrogens with zero attached hydrogens (tertiary/aromatic N) is 3. The van der Waals surface area contributed by atoms with E-state index in [1.54, 1.807) is 12.1 Å². The second-order valence-electron chi connectivity index (χ2n) is 10.6. The fraction of sp³-hybridized carbons (Fsp3) is 0.312. The summed E-state index contributed by atoms with van der Waals surface area (Å²) in [5, 5.41) is 3.33. The molecule has 0 bridgehead atoms. The molecule has 44 heavy (non-hydrogen) atoms. The molecule has 234 valence electrons. The first-order valence-electron chi connectivity index (χ1n) is 13.8. The molecule has 1 aromatic heterocycles. The summed E-state index contributed by atoms with van der Waals surface area (Å²) in [5.74, 6) is -2.24. The van der Waals surface area contributed by atoms with Gasteiger partial charge in [-0.2, -0.15) is 13.2 Å². The second kappa shape index (κ2) is 13.6. The number of likely N-dealkylation sites (N-methyl/N-ethyl adjacent to an activating group) is 1. The number of halogens is 5. The molecular weight excluding hydrogens is 583 g/mol. The zero-order chi connectivity index (χ0) is 32.2. The molecule has 1 heterocycles.